The van der Waals surface area contributed by atoms with E-state index in [9.17, 15) is 22.8 Å². The fourth-order valence-corrected chi connectivity index (χ4v) is 2.70. The van der Waals surface area contributed by atoms with Crippen LogP contribution in [0.3, 0.4) is 0 Å². The van der Waals surface area contributed by atoms with E-state index >= 15 is 0 Å². The number of hydrogen-bond donors (Lipinski definition) is 0. The third kappa shape index (κ3) is 4.66. The molecule has 1 aromatic carbocycles. The highest BCUT2D eigenvalue weighted by molar-refractivity contribution is 8.00. The van der Waals surface area contributed by atoms with Gasteiger partial charge in [-0.05, 0) is 12.1 Å². The van der Waals surface area contributed by atoms with E-state index < -0.39 is 18.6 Å². The molecule has 0 aromatic heterocycles. The molecule has 1 fully saturated rings. The van der Waals surface area contributed by atoms with Crippen LogP contribution < -0.4 is 0 Å². The topological polar surface area (TPSA) is 40.6 Å². The number of rotatable bonds is 4. The average molecular weight is 318 g/mol. The van der Waals surface area contributed by atoms with Gasteiger partial charge in [0.25, 0.3) is 0 Å². The van der Waals surface area contributed by atoms with Crippen LogP contribution in [-0.2, 0) is 9.59 Å². The second-order valence-electron chi connectivity index (χ2n) is 4.54. The molecule has 2 rings (SSSR count). The summed E-state index contributed by atoms with van der Waals surface area (Å²) >= 11 is 1.29. The lowest BCUT2D eigenvalue weighted by atomic mass is 10.4. The molecule has 1 aliphatic rings. The Balaban J connectivity index is 1.85. The molecule has 0 bridgehead atoms. The van der Waals surface area contributed by atoms with Gasteiger partial charge >= 0.3 is 6.18 Å². The lowest BCUT2D eigenvalue weighted by Gasteiger charge is -2.19. The summed E-state index contributed by atoms with van der Waals surface area (Å²) in [6.07, 6.45) is -4.45. The molecule has 21 heavy (non-hydrogen) atoms. The average Bonchev–Trinajstić information content (AvgIpc) is 2.77. The van der Waals surface area contributed by atoms with Crippen molar-refractivity contribution in [2.75, 3.05) is 25.5 Å². The minimum absolute atomic E-state index is 0.0944. The van der Waals surface area contributed by atoms with Gasteiger partial charge in [-0.1, -0.05) is 18.2 Å². The molecule has 0 N–H and O–H groups in total. The molecule has 0 aliphatic carbocycles. The highest BCUT2D eigenvalue weighted by Gasteiger charge is 2.38. The van der Waals surface area contributed by atoms with E-state index in [0.29, 0.717) is 4.90 Å². The van der Waals surface area contributed by atoms with Crippen molar-refractivity contribution in [2.24, 2.45) is 0 Å². The third-order valence-corrected chi connectivity index (χ3v) is 3.85. The SMILES string of the molecule is O=C(CSc1ccccc1)N1CC(=O)N(CC(F)(F)F)C1. The van der Waals surface area contributed by atoms with Crippen LogP contribution >= 0.6 is 11.8 Å². The Morgan fingerprint density at radius 3 is 2.52 bits per heavy atom. The molecule has 8 heteroatoms. The second kappa shape index (κ2) is 6.38. The molecule has 114 valence electrons. The van der Waals surface area contributed by atoms with Gasteiger partial charge in [-0.15, -0.1) is 11.8 Å². The molecule has 2 amide bonds. The first kappa shape index (κ1) is 15.7. The number of hydrogen-bond acceptors (Lipinski definition) is 3. The number of alkyl halides is 3. The van der Waals surface area contributed by atoms with Crippen molar-refractivity contribution in [1.82, 2.24) is 9.80 Å². The van der Waals surface area contributed by atoms with Gasteiger partial charge in [0.1, 0.15) is 13.1 Å². The van der Waals surface area contributed by atoms with Gasteiger partial charge in [0, 0.05) is 4.90 Å². The van der Waals surface area contributed by atoms with E-state index in [1.54, 1.807) is 0 Å². The zero-order chi connectivity index (χ0) is 15.5. The van der Waals surface area contributed by atoms with Gasteiger partial charge in [0.15, 0.2) is 0 Å². The zero-order valence-electron chi connectivity index (χ0n) is 11.0. The molecular weight excluding hydrogens is 305 g/mol. The van der Waals surface area contributed by atoms with E-state index in [4.69, 9.17) is 0 Å². The lowest BCUT2D eigenvalue weighted by Crippen LogP contribution is -2.37. The summed E-state index contributed by atoms with van der Waals surface area (Å²) in [7, 11) is 0. The Hall–Kier alpha value is -1.70. The maximum atomic E-state index is 12.3. The summed E-state index contributed by atoms with van der Waals surface area (Å²) in [6, 6.07) is 9.18. The summed E-state index contributed by atoms with van der Waals surface area (Å²) in [6.45, 7) is -1.90. The van der Waals surface area contributed by atoms with Crippen LogP contribution in [0.2, 0.25) is 0 Å². The van der Waals surface area contributed by atoms with E-state index in [1.165, 1.54) is 11.8 Å². The summed E-state index contributed by atoms with van der Waals surface area (Å²) < 4.78 is 36.8. The maximum absolute atomic E-state index is 12.3. The molecule has 1 aromatic rings. The summed E-state index contributed by atoms with van der Waals surface area (Å²) in [4.78, 5) is 26.1. The predicted molar refractivity (Wildman–Crippen MR) is 71.5 cm³/mol. The molecule has 0 saturated carbocycles. The fraction of sp³-hybridized carbons (Fsp3) is 0.385. The van der Waals surface area contributed by atoms with Gasteiger partial charge in [0.05, 0.1) is 12.4 Å². The first-order chi connectivity index (χ1) is 9.85. The maximum Gasteiger partial charge on any atom is 0.406 e. The number of carbonyl (C=O) groups excluding carboxylic acids is 2. The number of amides is 2. The molecule has 0 spiro atoms. The van der Waals surface area contributed by atoms with Crippen LogP contribution in [0.25, 0.3) is 0 Å². The van der Waals surface area contributed by atoms with Crippen LogP contribution in [0.1, 0.15) is 0 Å². The highest BCUT2D eigenvalue weighted by Crippen LogP contribution is 2.21. The van der Waals surface area contributed by atoms with Crippen molar-refractivity contribution < 1.29 is 22.8 Å². The van der Waals surface area contributed by atoms with Gasteiger partial charge in [-0.25, -0.2) is 0 Å². The predicted octanol–water partition coefficient (Wildman–Crippen LogP) is 1.97. The largest absolute Gasteiger partial charge is 0.406 e. The number of benzene rings is 1. The number of halogens is 3. The normalized spacial score (nSPS) is 15.7. The van der Waals surface area contributed by atoms with Crippen molar-refractivity contribution >= 4 is 23.6 Å². The van der Waals surface area contributed by atoms with E-state index in [0.717, 1.165) is 9.80 Å². The van der Waals surface area contributed by atoms with Crippen molar-refractivity contribution in [3.63, 3.8) is 0 Å². The molecule has 1 saturated heterocycles. The van der Waals surface area contributed by atoms with Crippen molar-refractivity contribution in [3.8, 4) is 0 Å². The summed E-state index contributed by atoms with van der Waals surface area (Å²) in [5.74, 6) is -0.927. The van der Waals surface area contributed by atoms with Crippen LogP contribution in [0, 0.1) is 0 Å². The van der Waals surface area contributed by atoms with Crippen molar-refractivity contribution in [3.05, 3.63) is 30.3 Å². The third-order valence-electron chi connectivity index (χ3n) is 2.85. The van der Waals surface area contributed by atoms with E-state index in [1.807, 2.05) is 30.3 Å². The molecule has 4 nitrogen and oxygen atoms in total. The smallest absolute Gasteiger partial charge is 0.315 e. The number of carbonyl (C=O) groups is 2. The molecule has 0 atom stereocenters. The van der Waals surface area contributed by atoms with E-state index in [2.05, 4.69) is 0 Å². The number of nitrogens with zero attached hydrogens (tertiary/aromatic N) is 2. The summed E-state index contributed by atoms with van der Waals surface area (Å²) in [5, 5.41) is 0. The Morgan fingerprint density at radius 2 is 1.90 bits per heavy atom. The van der Waals surface area contributed by atoms with Gasteiger partial charge in [-0.2, -0.15) is 13.2 Å². The van der Waals surface area contributed by atoms with Crippen LogP contribution in [-0.4, -0.2) is 53.3 Å². The minimum Gasteiger partial charge on any atom is -0.315 e. The van der Waals surface area contributed by atoms with Crippen LogP contribution in [0.5, 0.6) is 0 Å². The van der Waals surface area contributed by atoms with Crippen molar-refractivity contribution in [1.29, 1.82) is 0 Å². The molecule has 0 unspecified atom stereocenters. The zero-order valence-corrected chi connectivity index (χ0v) is 11.8. The Bertz CT molecular complexity index is 522. The van der Waals surface area contributed by atoms with Gasteiger partial charge in [-0.3, -0.25) is 9.59 Å². The first-order valence-electron chi connectivity index (χ1n) is 6.15. The Morgan fingerprint density at radius 1 is 1.24 bits per heavy atom. The van der Waals surface area contributed by atoms with Crippen LogP contribution in [0.4, 0.5) is 13.2 Å². The fourth-order valence-electron chi connectivity index (χ4n) is 1.87. The van der Waals surface area contributed by atoms with Crippen LogP contribution in [0.15, 0.2) is 35.2 Å². The quantitative estimate of drug-likeness (QED) is 0.797. The molecule has 1 heterocycles. The number of thioether (sulfide) groups is 1. The second-order valence-corrected chi connectivity index (χ2v) is 5.59. The highest BCUT2D eigenvalue weighted by atomic mass is 32.2. The minimum atomic E-state index is -4.45. The monoisotopic (exact) mass is 318 g/mol. The Kier molecular flexibility index (Phi) is 4.76. The summed E-state index contributed by atoms with van der Waals surface area (Å²) in [5.41, 5.74) is 0. The van der Waals surface area contributed by atoms with Gasteiger partial charge < -0.3 is 9.80 Å². The van der Waals surface area contributed by atoms with E-state index in [-0.39, 0.29) is 24.9 Å². The van der Waals surface area contributed by atoms with Gasteiger partial charge in [0.2, 0.25) is 11.8 Å². The van der Waals surface area contributed by atoms with Crippen molar-refractivity contribution in [2.45, 2.75) is 11.1 Å². The Labute approximate surface area is 123 Å². The standard InChI is InChI=1S/C13H13F3N2O2S/c14-13(15,16)8-18-9-17(6-11(18)19)12(20)7-21-10-4-2-1-3-5-10/h1-5H,6-9H2. The lowest BCUT2D eigenvalue weighted by molar-refractivity contribution is -0.157. The molecular formula is C13H13F3N2O2S. The molecule has 0 radical (unpaired) electrons. The molecule has 1 aliphatic heterocycles. The first-order valence-corrected chi connectivity index (χ1v) is 7.14.